The van der Waals surface area contributed by atoms with E-state index in [2.05, 4.69) is 51.2 Å². The minimum absolute atomic E-state index is 0.145. The molecule has 2 heterocycles. The molecule has 0 aromatic heterocycles. The van der Waals surface area contributed by atoms with E-state index in [-0.39, 0.29) is 11.5 Å². The highest BCUT2D eigenvalue weighted by Gasteiger charge is 2.36. The Morgan fingerprint density at radius 2 is 2.12 bits per heavy atom. The highest BCUT2D eigenvalue weighted by Crippen LogP contribution is 2.46. The molecule has 0 saturated heterocycles. The summed E-state index contributed by atoms with van der Waals surface area (Å²) in [5.74, 6) is 1.34. The Morgan fingerprint density at radius 1 is 1.31 bits per heavy atom. The SMILES string of the molecule is CC(C)=CCCC1(C)C=CC2=C(C=CC3C2=Nc2cc(O)c(C)cc23)O1. The van der Waals surface area contributed by atoms with Crippen LogP contribution in [0, 0.1) is 6.92 Å². The molecule has 1 aromatic rings. The predicted molar refractivity (Wildman–Crippen MR) is 106 cm³/mol. The fourth-order valence-electron chi connectivity index (χ4n) is 3.81. The van der Waals surface area contributed by atoms with E-state index in [1.807, 2.05) is 13.0 Å². The van der Waals surface area contributed by atoms with Crippen LogP contribution in [0.15, 0.2) is 64.4 Å². The molecular weight excluding hydrogens is 322 g/mol. The number of aromatic hydroxyl groups is 1. The second kappa shape index (κ2) is 6.01. The number of allylic oxidation sites excluding steroid dienone is 6. The maximum absolute atomic E-state index is 10.00. The second-order valence-electron chi connectivity index (χ2n) is 7.88. The first kappa shape index (κ1) is 16.9. The fourth-order valence-corrected chi connectivity index (χ4v) is 3.81. The molecular formula is C23H25NO2. The van der Waals surface area contributed by atoms with Crippen molar-refractivity contribution in [2.75, 3.05) is 0 Å². The lowest BCUT2D eigenvalue weighted by Crippen LogP contribution is -2.30. The van der Waals surface area contributed by atoms with Crippen molar-refractivity contribution >= 4 is 11.4 Å². The maximum Gasteiger partial charge on any atom is 0.129 e. The second-order valence-corrected chi connectivity index (χ2v) is 7.88. The van der Waals surface area contributed by atoms with Crippen LogP contribution in [0.5, 0.6) is 5.75 Å². The molecule has 3 heteroatoms. The van der Waals surface area contributed by atoms with Gasteiger partial charge < -0.3 is 9.84 Å². The van der Waals surface area contributed by atoms with Crippen molar-refractivity contribution in [1.82, 2.24) is 0 Å². The molecule has 0 fully saturated rings. The lowest BCUT2D eigenvalue weighted by Gasteiger charge is -2.34. The average molecular weight is 347 g/mol. The van der Waals surface area contributed by atoms with Crippen LogP contribution in [0.1, 0.15) is 50.7 Å². The number of phenols is 1. The van der Waals surface area contributed by atoms with Crippen LogP contribution in [0.25, 0.3) is 0 Å². The molecule has 1 aromatic carbocycles. The number of benzene rings is 1. The van der Waals surface area contributed by atoms with E-state index in [0.717, 1.165) is 46.7 Å². The minimum Gasteiger partial charge on any atom is -0.508 e. The molecule has 3 nitrogen and oxygen atoms in total. The van der Waals surface area contributed by atoms with Crippen molar-refractivity contribution in [3.05, 3.63) is 70.5 Å². The zero-order valence-electron chi connectivity index (χ0n) is 15.8. The molecule has 1 N–H and O–H groups in total. The van der Waals surface area contributed by atoms with Crippen molar-refractivity contribution < 1.29 is 9.84 Å². The summed E-state index contributed by atoms with van der Waals surface area (Å²) in [6.45, 7) is 8.31. The van der Waals surface area contributed by atoms with Crippen LogP contribution in [-0.4, -0.2) is 16.4 Å². The van der Waals surface area contributed by atoms with Gasteiger partial charge in [0.15, 0.2) is 0 Å². The zero-order valence-corrected chi connectivity index (χ0v) is 15.8. The van der Waals surface area contributed by atoms with Gasteiger partial charge in [0.2, 0.25) is 0 Å². The number of phenolic OH excluding ortho intramolecular Hbond substituents is 1. The van der Waals surface area contributed by atoms with Gasteiger partial charge in [-0.25, -0.2) is 0 Å². The molecule has 0 radical (unpaired) electrons. The molecule has 0 amide bonds. The van der Waals surface area contributed by atoms with Crippen LogP contribution in [0.4, 0.5) is 5.69 Å². The van der Waals surface area contributed by atoms with Gasteiger partial charge in [-0.15, -0.1) is 0 Å². The maximum atomic E-state index is 10.00. The van der Waals surface area contributed by atoms with Gasteiger partial charge in [-0.3, -0.25) is 4.99 Å². The molecule has 1 aliphatic carbocycles. The third-order valence-electron chi connectivity index (χ3n) is 5.34. The summed E-state index contributed by atoms with van der Waals surface area (Å²) in [6.07, 6.45) is 12.8. The van der Waals surface area contributed by atoms with Crippen molar-refractivity contribution in [2.24, 2.45) is 4.99 Å². The molecule has 0 saturated carbocycles. The summed E-state index contributed by atoms with van der Waals surface area (Å²) < 4.78 is 6.36. The van der Waals surface area contributed by atoms with Crippen LogP contribution in [0.3, 0.4) is 0 Å². The molecule has 2 unspecified atom stereocenters. The molecule has 3 aliphatic rings. The highest BCUT2D eigenvalue weighted by atomic mass is 16.5. The lowest BCUT2D eigenvalue weighted by molar-refractivity contribution is 0.0574. The van der Waals surface area contributed by atoms with E-state index in [1.165, 1.54) is 5.57 Å². The molecule has 2 atom stereocenters. The summed E-state index contributed by atoms with van der Waals surface area (Å²) in [6, 6.07) is 3.81. The van der Waals surface area contributed by atoms with E-state index in [0.29, 0.717) is 5.75 Å². The van der Waals surface area contributed by atoms with Crippen LogP contribution < -0.4 is 0 Å². The number of aryl methyl sites for hydroxylation is 1. The van der Waals surface area contributed by atoms with Gasteiger partial charge in [-0.2, -0.15) is 0 Å². The summed E-state index contributed by atoms with van der Waals surface area (Å²) in [5, 5.41) is 10.00. The van der Waals surface area contributed by atoms with Gasteiger partial charge in [0.1, 0.15) is 17.1 Å². The van der Waals surface area contributed by atoms with E-state index in [9.17, 15) is 5.11 Å². The topological polar surface area (TPSA) is 41.8 Å². The monoisotopic (exact) mass is 347 g/mol. The van der Waals surface area contributed by atoms with Crippen LogP contribution in [-0.2, 0) is 4.74 Å². The van der Waals surface area contributed by atoms with Crippen molar-refractivity contribution in [2.45, 2.75) is 52.1 Å². The Bertz CT molecular complexity index is 926. The standard InChI is InChI=1S/C23H25NO2/c1-14(2)6-5-10-23(4)11-9-17-21(26-23)8-7-16-18-12-15(3)20(25)13-19(18)24-22(16)17/h6-9,11-13,16,25H,5,10H2,1-4H3. The predicted octanol–water partition coefficient (Wildman–Crippen LogP) is 5.79. The van der Waals surface area contributed by atoms with Gasteiger partial charge in [0, 0.05) is 17.6 Å². The van der Waals surface area contributed by atoms with Crippen molar-refractivity contribution in [1.29, 1.82) is 0 Å². The first-order chi connectivity index (χ1) is 12.4. The number of hydrogen-bond acceptors (Lipinski definition) is 3. The Labute approximate surface area is 155 Å². The Morgan fingerprint density at radius 3 is 2.88 bits per heavy atom. The molecule has 0 spiro atoms. The molecule has 134 valence electrons. The van der Waals surface area contributed by atoms with E-state index in [1.54, 1.807) is 6.07 Å². The van der Waals surface area contributed by atoms with Gasteiger partial charge in [-0.1, -0.05) is 17.7 Å². The summed E-state index contributed by atoms with van der Waals surface area (Å²) in [4.78, 5) is 4.80. The average Bonchev–Trinajstić information content (AvgIpc) is 2.92. The minimum atomic E-state index is -0.289. The third kappa shape index (κ3) is 2.82. The van der Waals surface area contributed by atoms with E-state index >= 15 is 0 Å². The lowest BCUT2D eigenvalue weighted by atomic mass is 9.84. The van der Waals surface area contributed by atoms with Crippen molar-refractivity contribution in [3.63, 3.8) is 0 Å². The Balaban J connectivity index is 1.61. The summed E-state index contributed by atoms with van der Waals surface area (Å²) in [5.41, 5.74) is 6.03. The van der Waals surface area contributed by atoms with Gasteiger partial charge >= 0.3 is 0 Å². The van der Waals surface area contributed by atoms with Crippen LogP contribution >= 0.6 is 0 Å². The van der Waals surface area contributed by atoms with Crippen LogP contribution in [0.2, 0.25) is 0 Å². The Kier molecular flexibility index (Phi) is 3.91. The van der Waals surface area contributed by atoms with E-state index in [4.69, 9.17) is 9.73 Å². The fraction of sp³-hybridized carbons (Fsp3) is 0.348. The quantitative estimate of drug-likeness (QED) is 0.704. The zero-order chi connectivity index (χ0) is 18.5. The molecule has 2 aliphatic heterocycles. The third-order valence-corrected chi connectivity index (χ3v) is 5.34. The Hall–Kier alpha value is -2.55. The summed E-state index contributed by atoms with van der Waals surface area (Å²) >= 11 is 0. The first-order valence-electron chi connectivity index (χ1n) is 9.23. The normalized spacial score (nSPS) is 25.2. The molecule has 26 heavy (non-hydrogen) atoms. The molecule has 0 bridgehead atoms. The number of nitrogens with zero attached hydrogens (tertiary/aromatic N) is 1. The van der Waals surface area contributed by atoms with Gasteiger partial charge in [0.05, 0.1) is 11.4 Å². The highest BCUT2D eigenvalue weighted by molar-refractivity contribution is 6.14. The van der Waals surface area contributed by atoms with Crippen molar-refractivity contribution in [3.8, 4) is 5.75 Å². The van der Waals surface area contributed by atoms with Gasteiger partial charge in [-0.05, 0) is 76.0 Å². The number of aliphatic imine (C=N–C) groups is 1. The van der Waals surface area contributed by atoms with E-state index < -0.39 is 0 Å². The number of ether oxygens (including phenoxy) is 1. The largest absolute Gasteiger partial charge is 0.508 e. The smallest absolute Gasteiger partial charge is 0.129 e. The number of fused-ring (bicyclic) bond motifs is 4. The molecule has 4 rings (SSSR count). The number of rotatable bonds is 3. The first-order valence-corrected chi connectivity index (χ1v) is 9.23. The summed E-state index contributed by atoms with van der Waals surface area (Å²) in [7, 11) is 0. The van der Waals surface area contributed by atoms with Gasteiger partial charge in [0.25, 0.3) is 0 Å². The number of hydrogen-bond donors (Lipinski definition) is 1.